The summed E-state index contributed by atoms with van der Waals surface area (Å²) in [6, 6.07) is 12.5. The lowest BCUT2D eigenvalue weighted by Crippen LogP contribution is -1.96. The summed E-state index contributed by atoms with van der Waals surface area (Å²) in [6.07, 6.45) is 0. The molecule has 2 aromatic carbocycles. The van der Waals surface area contributed by atoms with Gasteiger partial charge in [0.1, 0.15) is 0 Å². The Kier molecular flexibility index (Phi) is 6.03. The molecule has 0 saturated carbocycles. The first kappa shape index (κ1) is 16.0. The molecule has 0 saturated heterocycles. The third-order valence-corrected chi connectivity index (χ3v) is 2.73. The van der Waals surface area contributed by atoms with Gasteiger partial charge in [-0.05, 0) is 30.3 Å². The summed E-state index contributed by atoms with van der Waals surface area (Å²) in [7, 11) is 0. The number of carbonyl (C=O) groups is 2. The minimum absolute atomic E-state index is 0.0658. The summed E-state index contributed by atoms with van der Waals surface area (Å²) in [6.45, 7) is 0. The Morgan fingerprint density at radius 2 is 1.45 bits per heavy atom. The predicted molar refractivity (Wildman–Crippen MR) is 76.8 cm³/mol. The van der Waals surface area contributed by atoms with Crippen LogP contribution in [0, 0.1) is 0 Å². The lowest BCUT2D eigenvalue weighted by Gasteiger charge is -1.96. The fourth-order valence-electron chi connectivity index (χ4n) is 1.24. The van der Waals surface area contributed by atoms with Gasteiger partial charge >= 0.3 is 11.9 Å². The zero-order valence-corrected chi connectivity index (χ0v) is 11.6. The van der Waals surface area contributed by atoms with Gasteiger partial charge in [0.2, 0.25) is 0 Å². The van der Waals surface area contributed by atoms with Crippen molar-refractivity contribution in [3.8, 4) is 0 Å². The van der Waals surface area contributed by atoms with Gasteiger partial charge in [0.15, 0.2) is 0 Å². The van der Waals surface area contributed by atoms with Crippen molar-refractivity contribution in [2.45, 2.75) is 0 Å². The average molecular weight is 313 g/mol. The van der Waals surface area contributed by atoms with E-state index in [2.05, 4.69) is 0 Å². The Bertz CT molecular complexity index is 612. The minimum atomic E-state index is -1.05. The molecule has 0 bridgehead atoms. The first-order valence-electron chi connectivity index (χ1n) is 5.38. The van der Waals surface area contributed by atoms with Gasteiger partial charge in [0.05, 0.1) is 16.1 Å². The molecule has 0 fully saturated rings. The molecule has 0 radical (unpaired) electrons. The molecule has 0 heterocycles. The molecule has 0 aromatic heterocycles. The number of hydrogen-bond acceptors (Lipinski definition) is 2. The van der Waals surface area contributed by atoms with Crippen LogP contribution in [0.25, 0.3) is 0 Å². The van der Waals surface area contributed by atoms with Gasteiger partial charge in [-0.15, -0.1) is 0 Å². The van der Waals surface area contributed by atoms with E-state index in [9.17, 15) is 9.59 Å². The lowest BCUT2D eigenvalue weighted by molar-refractivity contribution is 0.0686. The largest absolute Gasteiger partial charge is 0.478 e. The minimum Gasteiger partial charge on any atom is -0.478 e. The third-order valence-electron chi connectivity index (χ3n) is 2.18. The van der Waals surface area contributed by atoms with E-state index in [0.717, 1.165) is 0 Å². The van der Waals surface area contributed by atoms with Crippen LogP contribution in [0.3, 0.4) is 0 Å². The van der Waals surface area contributed by atoms with Crippen molar-refractivity contribution in [3.63, 3.8) is 0 Å². The van der Waals surface area contributed by atoms with E-state index >= 15 is 0 Å². The number of halogens is 2. The zero-order valence-electron chi connectivity index (χ0n) is 10.1. The maximum Gasteiger partial charge on any atom is 0.337 e. The van der Waals surface area contributed by atoms with Crippen molar-refractivity contribution < 1.29 is 19.8 Å². The second-order valence-electron chi connectivity index (χ2n) is 3.60. The van der Waals surface area contributed by atoms with Crippen LogP contribution in [0.15, 0.2) is 48.5 Å². The highest BCUT2D eigenvalue weighted by Gasteiger charge is 2.07. The first-order chi connectivity index (χ1) is 9.41. The summed E-state index contributed by atoms with van der Waals surface area (Å²) < 4.78 is 0. The van der Waals surface area contributed by atoms with Crippen molar-refractivity contribution in [1.29, 1.82) is 0 Å². The topological polar surface area (TPSA) is 74.6 Å². The summed E-state index contributed by atoms with van der Waals surface area (Å²) in [5.74, 6) is -1.93. The van der Waals surface area contributed by atoms with E-state index in [1.54, 1.807) is 30.3 Å². The van der Waals surface area contributed by atoms with Crippen molar-refractivity contribution >= 4 is 35.1 Å². The summed E-state index contributed by atoms with van der Waals surface area (Å²) in [5, 5.41) is 17.5. The number of aromatic carboxylic acids is 2. The van der Waals surface area contributed by atoms with Crippen LogP contribution in [-0.4, -0.2) is 22.2 Å². The Hall–Kier alpha value is -2.04. The molecule has 104 valence electrons. The molecule has 20 heavy (non-hydrogen) atoms. The molecule has 0 aliphatic rings. The van der Waals surface area contributed by atoms with Crippen molar-refractivity contribution in [2.24, 2.45) is 0 Å². The fraction of sp³-hybridized carbons (Fsp3) is 0. The molecule has 0 aliphatic heterocycles. The molecule has 4 nitrogen and oxygen atoms in total. The SMILES string of the molecule is O=C(O)c1ccc(Cl)cc1Cl.O=C(O)c1ccccc1. The number of carboxylic acids is 2. The first-order valence-corrected chi connectivity index (χ1v) is 6.14. The molecule has 0 amide bonds. The maximum absolute atomic E-state index is 10.4. The van der Waals surface area contributed by atoms with Gasteiger partial charge in [-0.1, -0.05) is 41.4 Å². The number of hydrogen-bond donors (Lipinski definition) is 2. The second-order valence-corrected chi connectivity index (χ2v) is 4.44. The van der Waals surface area contributed by atoms with Crippen molar-refractivity contribution in [2.75, 3.05) is 0 Å². The molecule has 2 rings (SSSR count). The van der Waals surface area contributed by atoms with Gasteiger partial charge in [-0.25, -0.2) is 9.59 Å². The molecular weight excluding hydrogens is 303 g/mol. The quantitative estimate of drug-likeness (QED) is 0.876. The van der Waals surface area contributed by atoms with Crippen molar-refractivity contribution in [3.05, 3.63) is 69.7 Å². The van der Waals surface area contributed by atoms with Crippen LogP contribution in [0.5, 0.6) is 0 Å². The zero-order chi connectivity index (χ0) is 15.1. The van der Waals surface area contributed by atoms with Gasteiger partial charge in [-0.2, -0.15) is 0 Å². The molecule has 6 heteroatoms. The van der Waals surface area contributed by atoms with Crippen LogP contribution in [0.1, 0.15) is 20.7 Å². The van der Waals surface area contributed by atoms with Gasteiger partial charge in [0.25, 0.3) is 0 Å². The average Bonchev–Trinajstić information content (AvgIpc) is 2.40. The highest BCUT2D eigenvalue weighted by Crippen LogP contribution is 2.20. The molecule has 2 N–H and O–H groups in total. The molecular formula is C14H10Cl2O4. The Labute approximate surface area is 125 Å². The number of carboxylic acid groups (broad SMARTS) is 2. The molecule has 0 atom stereocenters. The molecule has 2 aromatic rings. The molecule has 0 aliphatic carbocycles. The molecule has 0 spiro atoms. The van der Waals surface area contributed by atoms with E-state index < -0.39 is 11.9 Å². The van der Waals surface area contributed by atoms with Gasteiger partial charge < -0.3 is 10.2 Å². The Balaban J connectivity index is 0.000000204. The van der Waals surface area contributed by atoms with Crippen LogP contribution in [0.2, 0.25) is 10.0 Å². The normalized spacial score (nSPS) is 9.30. The number of benzene rings is 2. The fourth-order valence-corrected chi connectivity index (χ4v) is 1.73. The highest BCUT2D eigenvalue weighted by atomic mass is 35.5. The summed E-state index contributed by atoms with van der Waals surface area (Å²) in [5.41, 5.74) is 0.397. The summed E-state index contributed by atoms with van der Waals surface area (Å²) in [4.78, 5) is 20.6. The smallest absolute Gasteiger partial charge is 0.337 e. The van der Waals surface area contributed by atoms with Crippen molar-refractivity contribution in [1.82, 2.24) is 0 Å². The van der Waals surface area contributed by atoms with Crippen LogP contribution < -0.4 is 0 Å². The Morgan fingerprint density at radius 1 is 0.850 bits per heavy atom. The number of rotatable bonds is 2. The van der Waals surface area contributed by atoms with Gasteiger partial charge in [-0.3, -0.25) is 0 Å². The second kappa shape index (κ2) is 7.53. The molecule has 0 unspecified atom stereocenters. The Morgan fingerprint density at radius 3 is 1.85 bits per heavy atom. The van der Waals surface area contributed by atoms with Crippen LogP contribution in [0.4, 0.5) is 0 Å². The van der Waals surface area contributed by atoms with E-state index in [0.29, 0.717) is 10.6 Å². The van der Waals surface area contributed by atoms with Crippen LogP contribution in [-0.2, 0) is 0 Å². The lowest BCUT2D eigenvalue weighted by atomic mass is 10.2. The van der Waals surface area contributed by atoms with E-state index in [1.807, 2.05) is 0 Å². The monoisotopic (exact) mass is 312 g/mol. The van der Waals surface area contributed by atoms with E-state index in [-0.39, 0.29) is 10.6 Å². The maximum atomic E-state index is 10.4. The third kappa shape index (κ3) is 4.91. The van der Waals surface area contributed by atoms with Gasteiger partial charge in [0, 0.05) is 5.02 Å². The van der Waals surface area contributed by atoms with E-state index in [4.69, 9.17) is 33.4 Å². The van der Waals surface area contributed by atoms with Crippen LogP contribution >= 0.6 is 23.2 Å². The predicted octanol–water partition coefficient (Wildman–Crippen LogP) is 4.08. The standard InChI is InChI=1S/C7H4Cl2O2.C7H6O2/c8-4-1-2-5(7(10)11)6(9)3-4;8-7(9)6-4-2-1-3-5-6/h1-3H,(H,10,11);1-5H,(H,8,9). The van der Waals surface area contributed by atoms with E-state index in [1.165, 1.54) is 18.2 Å². The highest BCUT2D eigenvalue weighted by molar-refractivity contribution is 6.36. The summed E-state index contributed by atoms with van der Waals surface area (Å²) >= 11 is 11.1.